The molecule has 5 heteroatoms. The van der Waals surface area contributed by atoms with Crippen molar-refractivity contribution in [2.45, 2.75) is 19.0 Å². The molecule has 1 saturated heterocycles. The number of carbonyl (C=O) groups excluding carboxylic acids is 1. The Morgan fingerprint density at radius 3 is 2.53 bits per heavy atom. The molecule has 1 aromatic carbocycles. The fourth-order valence-electron chi connectivity index (χ4n) is 1.85. The van der Waals surface area contributed by atoms with E-state index in [1.165, 1.54) is 12.1 Å². The van der Waals surface area contributed by atoms with Crippen molar-refractivity contribution in [2.75, 3.05) is 6.54 Å². The number of aromatic carboxylic acids is 1. The van der Waals surface area contributed by atoms with Gasteiger partial charge in [0.15, 0.2) is 0 Å². The highest BCUT2D eigenvalue weighted by Gasteiger charge is 2.26. The predicted molar refractivity (Wildman–Crippen MR) is 61.7 cm³/mol. The van der Waals surface area contributed by atoms with Crippen LogP contribution in [0.5, 0.6) is 0 Å². The van der Waals surface area contributed by atoms with Crippen LogP contribution in [-0.2, 0) is 4.79 Å². The topological polar surface area (TPSA) is 78.4 Å². The molecule has 3 N–H and O–H groups in total. The largest absolute Gasteiger partial charge is 0.478 e. The molecule has 2 unspecified atom stereocenters. The van der Waals surface area contributed by atoms with E-state index in [0.29, 0.717) is 6.54 Å². The van der Waals surface area contributed by atoms with Gasteiger partial charge in [-0.25, -0.2) is 4.79 Å². The molecular formula is C12H14N2O3. The Labute approximate surface area is 98.8 Å². The van der Waals surface area contributed by atoms with Gasteiger partial charge in [0.2, 0.25) is 5.91 Å². The number of piperazine rings is 1. The van der Waals surface area contributed by atoms with E-state index in [1.807, 2.05) is 6.92 Å². The molecule has 1 fully saturated rings. The normalized spacial score (nSPS) is 24.2. The van der Waals surface area contributed by atoms with Gasteiger partial charge >= 0.3 is 5.97 Å². The zero-order valence-electron chi connectivity index (χ0n) is 9.43. The summed E-state index contributed by atoms with van der Waals surface area (Å²) < 4.78 is 0. The zero-order valence-corrected chi connectivity index (χ0v) is 9.43. The maximum absolute atomic E-state index is 11.7. The van der Waals surface area contributed by atoms with Crippen LogP contribution in [0.1, 0.15) is 28.9 Å². The maximum Gasteiger partial charge on any atom is 0.335 e. The minimum atomic E-state index is -0.966. The van der Waals surface area contributed by atoms with Crippen molar-refractivity contribution in [3.8, 4) is 0 Å². The number of hydrogen-bond acceptors (Lipinski definition) is 3. The van der Waals surface area contributed by atoms with E-state index in [2.05, 4.69) is 10.6 Å². The van der Waals surface area contributed by atoms with Crippen molar-refractivity contribution in [1.29, 1.82) is 0 Å². The van der Waals surface area contributed by atoms with E-state index >= 15 is 0 Å². The van der Waals surface area contributed by atoms with Crippen LogP contribution in [0.25, 0.3) is 0 Å². The smallest absolute Gasteiger partial charge is 0.335 e. The second kappa shape index (κ2) is 4.55. The Morgan fingerprint density at radius 1 is 1.35 bits per heavy atom. The number of hydrogen-bond donors (Lipinski definition) is 3. The second-order valence-corrected chi connectivity index (χ2v) is 4.18. The Hall–Kier alpha value is -1.88. The number of amides is 1. The van der Waals surface area contributed by atoms with E-state index in [1.54, 1.807) is 12.1 Å². The lowest BCUT2D eigenvalue weighted by Gasteiger charge is -2.28. The van der Waals surface area contributed by atoms with Crippen molar-refractivity contribution in [2.24, 2.45) is 0 Å². The molecular weight excluding hydrogens is 220 g/mol. The van der Waals surface area contributed by atoms with Gasteiger partial charge in [-0.3, -0.25) is 4.79 Å². The average molecular weight is 234 g/mol. The van der Waals surface area contributed by atoms with Crippen LogP contribution in [0.3, 0.4) is 0 Å². The van der Waals surface area contributed by atoms with E-state index in [9.17, 15) is 9.59 Å². The predicted octanol–water partition coefficient (Wildman–Crippen LogP) is 0.534. The minimum absolute atomic E-state index is 0.0770. The first kappa shape index (κ1) is 11.6. The monoisotopic (exact) mass is 234 g/mol. The third-order valence-corrected chi connectivity index (χ3v) is 2.77. The molecule has 2 atom stereocenters. The van der Waals surface area contributed by atoms with Gasteiger partial charge < -0.3 is 15.7 Å². The number of benzene rings is 1. The molecule has 5 nitrogen and oxygen atoms in total. The summed E-state index contributed by atoms with van der Waals surface area (Å²) in [6.07, 6.45) is 0. The van der Waals surface area contributed by atoms with Crippen molar-refractivity contribution in [1.82, 2.24) is 10.6 Å². The van der Waals surface area contributed by atoms with E-state index in [4.69, 9.17) is 5.11 Å². The quantitative estimate of drug-likeness (QED) is 0.697. The van der Waals surface area contributed by atoms with E-state index < -0.39 is 12.0 Å². The number of rotatable bonds is 2. The highest BCUT2D eigenvalue weighted by molar-refractivity contribution is 5.88. The van der Waals surface area contributed by atoms with Gasteiger partial charge in [-0.15, -0.1) is 0 Å². The molecule has 0 bridgehead atoms. The van der Waals surface area contributed by atoms with E-state index in [-0.39, 0.29) is 17.5 Å². The van der Waals surface area contributed by atoms with Crippen LogP contribution in [0, 0.1) is 0 Å². The highest BCUT2D eigenvalue weighted by atomic mass is 16.4. The van der Waals surface area contributed by atoms with Crippen LogP contribution in [-0.4, -0.2) is 29.6 Å². The van der Waals surface area contributed by atoms with Gasteiger partial charge in [-0.2, -0.15) is 0 Å². The lowest BCUT2D eigenvalue weighted by atomic mass is 10.0. The molecule has 90 valence electrons. The van der Waals surface area contributed by atoms with E-state index in [0.717, 1.165) is 5.56 Å². The first-order valence-corrected chi connectivity index (χ1v) is 5.45. The number of carboxylic acids is 1. The summed E-state index contributed by atoms with van der Waals surface area (Å²) in [7, 11) is 0. The molecule has 1 aliphatic heterocycles. The molecule has 0 saturated carbocycles. The molecule has 2 rings (SSSR count). The number of nitrogens with one attached hydrogen (secondary N) is 2. The van der Waals surface area contributed by atoms with Gasteiger partial charge in [-0.1, -0.05) is 12.1 Å². The summed E-state index contributed by atoms with van der Waals surface area (Å²) in [5, 5.41) is 14.7. The van der Waals surface area contributed by atoms with Gasteiger partial charge in [0, 0.05) is 12.6 Å². The second-order valence-electron chi connectivity index (χ2n) is 4.18. The van der Waals surface area contributed by atoms with Gasteiger partial charge in [0.05, 0.1) is 5.56 Å². The summed E-state index contributed by atoms with van der Waals surface area (Å²) in [4.78, 5) is 22.4. The average Bonchev–Trinajstić information content (AvgIpc) is 2.29. The summed E-state index contributed by atoms with van der Waals surface area (Å²) in [6.45, 7) is 2.63. The summed E-state index contributed by atoms with van der Waals surface area (Å²) >= 11 is 0. The Kier molecular flexibility index (Phi) is 3.10. The van der Waals surface area contributed by atoms with Crippen LogP contribution in [0.15, 0.2) is 24.3 Å². The van der Waals surface area contributed by atoms with Crippen molar-refractivity contribution in [3.05, 3.63) is 35.4 Å². The fraction of sp³-hybridized carbons (Fsp3) is 0.333. The lowest BCUT2D eigenvalue weighted by Crippen LogP contribution is -2.52. The summed E-state index contributed by atoms with van der Waals surface area (Å²) in [5.74, 6) is -1.04. The zero-order chi connectivity index (χ0) is 12.4. The molecule has 1 amide bonds. The van der Waals surface area contributed by atoms with Gasteiger partial charge in [0.25, 0.3) is 0 Å². The third kappa shape index (κ3) is 2.45. The summed E-state index contributed by atoms with van der Waals surface area (Å²) in [5.41, 5.74) is 0.998. The standard InChI is InChI=1S/C12H14N2O3/c1-7-6-13-10(11(15)14-7)8-2-4-9(5-3-8)12(16)17/h2-5,7,10,13H,6H2,1H3,(H,14,15)(H,16,17). The van der Waals surface area contributed by atoms with Crippen molar-refractivity contribution < 1.29 is 14.7 Å². The van der Waals surface area contributed by atoms with Crippen LogP contribution in [0.4, 0.5) is 0 Å². The maximum atomic E-state index is 11.7. The Balaban J connectivity index is 2.17. The molecule has 0 aliphatic carbocycles. The molecule has 17 heavy (non-hydrogen) atoms. The number of carboxylic acid groups (broad SMARTS) is 1. The Morgan fingerprint density at radius 2 is 2.00 bits per heavy atom. The molecule has 1 aromatic rings. The lowest BCUT2D eigenvalue weighted by molar-refractivity contribution is -0.125. The minimum Gasteiger partial charge on any atom is -0.478 e. The molecule has 1 aliphatic rings. The molecule has 0 spiro atoms. The number of carbonyl (C=O) groups is 2. The Bertz CT molecular complexity index is 442. The van der Waals surface area contributed by atoms with Crippen LogP contribution in [0.2, 0.25) is 0 Å². The van der Waals surface area contributed by atoms with Crippen molar-refractivity contribution in [3.63, 3.8) is 0 Å². The molecule has 0 aromatic heterocycles. The highest BCUT2D eigenvalue weighted by Crippen LogP contribution is 2.16. The van der Waals surface area contributed by atoms with Crippen LogP contribution < -0.4 is 10.6 Å². The fourth-order valence-corrected chi connectivity index (χ4v) is 1.85. The van der Waals surface area contributed by atoms with Crippen molar-refractivity contribution >= 4 is 11.9 Å². The first-order chi connectivity index (χ1) is 8.08. The first-order valence-electron chi connectivity index (χ1n) is 5.45. The summed E-state index contributed by atoms with van der Waals surface area (Å²) in [6, 6.07) is 6.06. The van der Waals surface area contributed by atoms with Gasteiger partial charge in [-0.05, 0) is 24.6 Å². The van der Waals surface area contributed by atoms with Crippen LogP contribution >= 0.6 is 0 Å². The SMILES string of the molecule is CC1CNC(c2ccc(C(=O)O)cc2)C(=O)N1. The molecule has 0 radical (unpaired) electrons. The van der Waals surface area contributed by atoms with Gasteiger partial charge in [0.1, 0.15) is 6.04 Å². The third-order valence-electron chi connectivity index (χ3n) is 2.77. The molecule has 1 heterocycles.